The van der Waals surface area contributed by atoms with Crippen LogP contribution in [0.5, 0.6) is 0 Å². The quantitative estimate of drug-likeness (QED) is 0.434. The van der Waals surface area contributed by atoms with Crippen molar-refractivity contribution in [1.82, 2.24) is 23.6 Å². The number of fused-ring (bicyclic) bond motifs is 3. The Morgan fingerprint density at radius 2 is 1.75 bits per heavy atom. The number of nitrogens with zero attached hydrogens (tertiary/aromatic N) is 6. The molecule has 3 heterocycles. The first-order chi connectivity index (χ1) is 15.6. The number of hydrogen-bond acceptors (Lipinski definition) is 5. The first-order valence-electron chi connectivity index (χ1n) is 10.9. The summed E-state index contributed by atoms with van der Waals surface area (Å²) >= 11 is 5.79. The Morgan fingerprint density at radius 3 is 2.50 bits per heavy atom. The van der Waals surface area contributed by atoms with Crippen LogP contribution in [-0.4, -0.2) is 49.8 Å². The summed E-state index contributed by atoms with van der Waals surface area (Å²) in [4.78, 5) is 17.4. The van der Waals surface area contributed by atoms with Crippen LogP contribution >= 0.6 is 12.2 Å². The topological polar surface area (TPSA) is 50.7 Å². The molecular formula is C23H25FN6OS. The van der Waals surface area contributed by atoms with Gasteiger partial charge in [0.05, 0.1) is 23.3 Å². The van der Waals surface area contributed by atoms with Crippen LogP contribution in [0.3, 0.4) is 0 Å². The van der Waals surface area contributed by atoms with Crippen LogP contribution < -0.4 is 10.5 Å². The zero-order chi connectivity index (χ0) is 22.2. The summed E-state index contributed by atoms with van der Waals surface area (Å²) in [5.74, 6) is 0.384. The maximum absolute atomic E-state index is 14.1. The Labute approximate surface area is 189 Å². The highest BCUT2D eigenvalue weighted by atomic mass is 32.1. The number of hydrogen-bond donors (Lipinski definition) is 0. The van der Waals surface area contributed by atoms with Gasteiger partial charge in [0, 0.05) is 32.7 Å². The van der Waals surface area contributed by atoms with Gasteiger partial charge in [-0.15, -0.1) is 5.10 Å². The smallest absolute Gasteiger partial charge is 0.262 e. The molecular weight excluding hydrogens is 427 g/mol. The van der Waals surface area contributed by atoms with Crippen molar-refractivity contribution in [3.05, 3.63) is 69.5 Å². The molecule has 0 saturated carbocycles. The average Bonchev–Trinajstić information content (AvgIpc) is 3.13. The maximum Gasteiger partial charge on any atom is 0.262 e. The van der Waals surface area contributed by atoms with E-state index in [1.165, 1.54) is 6.07 Å². The van der Waals surface area contributed by atoms with Crippen LogP contribution in [0.2, 0.25) is 0 Å². The minimum absolute atomic E-state index is 0.0411. The second-order valence-electron chi connectivity index (χ2n) is 8.09. The monoisotopic (exact) mass is 452 g/mol. The Morgan fingerprint density at radius 1 is 1.03 bits per heavy atom. The molecule has 9 heteroatoms. The second kappa shape index (κ2) is 8.48. The Kier molecular flexibility index (Phi) is 5.52. The zero-order valence-electron chi connectivity index (χ0n) is 17.9. The SMILES string of the molecule is CCCn1c(=O)c2ccccc2n2c(=S)n(CN3CCN(c4ccccc4F)CC3)nc12. The van der Waals surface area contributed by atoms with Crippen LogP contribution in [-0.2, 0) is 13.2 Å². The lowest BCUT2D eigenvalue weighted by Crippen LogP contribution is -2.47. The number of aryl methyl sites for hydroxylation is 1. The van der Waals surface area contributed by atoms with Gasteiger partial charge in [0.25, 0.3) is 5.56 Å². The fourth-order valence-corrected chi connectivity index (χ4v) is 4.69. The molecule has 0 atom stereocenters. The lowest BCUT2D eigenvalue weighted by Gasteiger charge is -2.35. The molecule has 166 valence electrons. The molecule has 7 nitrogen and oxygen atoms in total. The van der Waals surface area contributed by atoms with E-state index in [0.717, 1.165) is 38.1 Å². The molecule has 0 N–H and O–H groups in total. The van der Waals surface area contributed by atoms with Gasteiger partial charge in [0.2, 0.25) is 10.5 Å². The van der Waals surface area contributed by atoms with Crippen molar-refractivity contribution in [2.45, 2.75) is 26.6 Å². The van der Waals surface area contributed by atoms with Crippen LogP contribution in [0.15, 0.2) is 53.3 Å². The molecule has 1 aliphatic heterocycles. The Hall–Kier alpha value is -3.04. The van der Waals surface area contributed by atoms with E-state index in [1.54, 1.807) is 15.3 Å². The van der Waals surface area contributed by atoms with Gasteiger partial charge in [-0.3, -0.25) is 18.7 Å². The molecule has 0 bridgehead atoms. The number of aromatic nitrogens is 4. The van der Waals surface area contributed by atoms with Gasteiger partial charge >= 0.3 is 0 Å². The van der Waals surface area contributed by atoms with Crippen molar-refractivity contribution in [2.75, 3.05) is 31.1 Å². The highest BCUT2D eigenvalue weighted by Gasteiger charge is 2.21. The van der Waals surface area contributed by atoms with Gasteiger partial charge in [-0.25, -0.2) is 9.07 Å². The first-order valence-corrected chi connectivity index (χ1v) is 11.3. The molecule has 0 amide bonds. The number of rotatable bonds is 5. The van der Waals surface area contributed by atoms with Crippen molar-refractivity contribution >= 4 is 34.6 Å². The molecule has 4 aromatic rings. The molecule has 5 rings (SSSR count). The normalized spacial score (nSPS) is 15.1. The van der Waals surface area contributed by atoms with Gasteiger partial charge in [-0.2, -0.15) is 0 Å². The van der Waals surface area contributed by atoms with Gasteiger partial charge in [-0.05, 0) is 42.9 Å². The van der Waals surface area contributed by atoms with E-state index in [9.17, 15) is 9.18 Å². The van der Waals surface area contributed by atoms with Gasteiger partial charge in [0.15, 0.2) is 0 Å². The predicted molar refractivity (Wildman–Crippen MR) is 126 cm³/mol. The summed E-state index contributed by atoms with van der Waals surface area (Å²) in [5, 5.41) is 5.39. The van der Waals surface area contributed by atoms with Gasteiger partial charge in [0.1, 0.15) is 5.82 Å². The molecule has 1 fully saturated rings. The number of halogens is 1. The molecule has 0 radical (unpaired) electrons. The van der Waals surface area contributed by atoms with Crippen LogP contribution in [0, 0.1) is 10.6 Å². The number of piperazine rings is 1. The Balaban J connectivity index is 1.46. The molecule has 32 heavy (non-hydrogen) atoms. The predicted octanol–water partition coefficient (Wildman–Crippen LogP) is 3.51. The van der Waals surface area contributed by atoms with E-state index in [-0.39, 0.29) is 11.4 Å². The average molecular weight is 453 g/mol. The third-order valence-corrected chi connectivity index (χ3v) is 6.42. The lowest BCUT2D eigenvalue weighted by molar-refractivity contribution is 0.194. The number of anilines is 1. The lowest BCUT2D eigenvalue weighted by atomic mass is 10.2. The molecule has 1 saturated heterocycles. The number of benzene rings is 2. The van der Waals surface area contributed by atoms with Gasteiger partial charge < -0.3 is 4.90 Å². The summed E-state index contributed by atoms with van der Waals surface area (Å²) < 4.78 is 20.1. The fraction of sp³-hybridized carbons (Fsp3) is 0.348. The van der Waals surface area contributed by atoms with Crippen LogP contribution in [0.4, 0.5) is 10.1 Å². The number of para-hydroxylation sites is 2. The summed E-state index contributed by atoms with van der Waals surface area (Å²) in [6, 6.07) is 14.4. The third-order valence-electron chi connectivity index (χ3n) is 6.03. The second-order valence-corrected chi connectivity index (χ2v) is 8.45. The summed E-state index contributed by atoms with van der Waals surface area (Å²) in [6.07, 6.45) is 0.825. The molecule has 0 aliphatic carbocycles. The van der Waals surface area contributed by atoms with E-state index in [0.29, 0.717) is 34.8 Å². The summed E-state index contributed by atoms with van der Waals surface area (Å²) in [6.45, 7) is 6.15. The summed E-state index contributed by atoms with van der Waals surface area (Å²) in [7, 11) is 0. The van der Waals surface area contributed by atoms with Crippen LogP contribution in [0.25, 0.3) is 16.7 Å². The fourth-order valence-electron chi connectivity index (χ4n) is 4.41. The van der Waals surface area contributed by atoms with Crippen molar-refractivity contribution in [3.8, 4) is 0 Å². The van der Waals surface area contributed by atoms with Crippen LogP contribution in [0.1, 0.15) is 13.3 Å². The van der Waals surface area contributed by atoms with Crippen molar-refractivity contribution < 1.29 is 4.39 Å². The molecule has 2 aromatic carbocycles. The molecule has 0 spiro atoms. The minimum Gasteiger partial charge on any atom is -0.367 e. The highest BCUT2D eigenvalue weighted by molar-refractivity contribution is 7.71. The molecule has 0 unspecified atom stereocenters. The van der Waals surface area contributed by atoms with Crippen molar-refractivity contribution in [2.24, 2.45) is 0 Å². The Bertz CT molecular complexity index is 1400. The van der Waals surface area contributed by atoms with E-state index in [4.69, 9.17) is 17.3 Å². The van der Waals surface area contributed by atoms with E-state index >= 15 is 0 Å². The maximum atomic E-state index is 14.1. The summed E-state index contributed by atoms with van der Waals surface area (Å²) in [5.41, 5.74) is 1.38. The van der Waals surface area contributed by atoms with E-state index < -0.39 is 0 Å². The molecule has 1 aliphatic rings. The van der Waals surface area contributed by atoms with Gasteiger partial charge in [-0.1, -0.05) is 31.2 Å². The minimum atomic E-state index is -0.190. The van der Waals surface area contributed by atoms with E-state index in [1.807, 2.05) is 47.7 Å². The third kappa shape index (κ3) is 3.51. The highest BCUT2D eigenvalue weighted by Crippen LogP contribution is 2.21. The first kappa shape index (κ1) is 20.8. The zero-order valence-corrected chi connectivity index (χ0v) is 18.8. The van der Waals surface area contributed by atoms with Crippen molar-refractivity contribution in [3.63, 3.8) is 0 Å². The van der Waals surface area contributed by atoms with Crippen molar-refractivity contribution in [1.29, 1.82) is 0 Å². The van der Waals surface area contributed by atoms with E-state index in [2.05, 4.69) is 9.80 Å². The molecule has 2 aromatic heterocycles. The standard InChI is InChI=1S/C23H25FN6OS/c1-2-11-28-21(31)17-7-3-5-9-19(17)30-22(28)25-29(23(30)32)16-26-12-14-27(15-13-26)20-10-6-4-8-18(20)24/h3-10H,2,11-16H2,1H3. The largest absolute Gasteiger partial charge is 0.367 e.